The highest BCUT2D eigenvalue weighted by molar-refractivity contribution is 5.95. The second-order valence-electron chi connectivity index (χ2n) is 4.30. The molecule has 1 amide bonds. The van der Waals surface area contributed by atoms with E-state index >= 15 is 0 Å². The van der Waals surface area contributed by atoms with Crippen LogP contribution in [-0.2, 0) is 11.8 Å². The van der Waals surface area contributed by atoms with Crippen molar-refractivity contribution in [3.63, 3.8) is 0 Å². The van der Waals surface area contributed by atoms with E-state index in [-0.39, 0.29) is 11.5 Å². The first-order chi connectivity index (χ1) is 8.50. The molecule has 0 saturated carbocycles. The topological polar surface area (TPSA) is 87.5 Å². The van der Waals surface area contributed by atoms with Crippen LogP contribution >= 0.6 is 0 Å². The van der Waals surface area contributed by atoms with Gasteiger partial charge in [-0.2, -0.15) is 5.10 Å². The Labute approximate surface area is 104 Å². The molecule has 2 rings (SSSR count). The molecule has 18 heavy (non-hydrogen) atoms. The van der Waals surface area contributed by atoms with Gasteiger partial charge in [-0.3, -0.25) is 9.48 Å². The second kappa shape index (κ2) is 4.67. The molecule has 7 nitrogen and oxygen atoms in total. The highest BCUT2D eigenvalue weighted by atomic mass is 16.4. The summed E-state index contributed by atoms with van der Waals surface area (Å²) in [6.45, 7) is 3.28. The first kappa shape index (κ1) is 12.4. The third kappa shape index (κ3) is 2.15. The first-order valence-electron chi connectivity index (χ1n) is 5.79. The predicted molar refractivity (Wildman–Crippen MR) is 64.7 cm³/mol. The molecule has 1 aliphatic rings. The van der Waals surface area contributed by atoms with Gasteiger partial charge in [0.25, 0.3) is 0 Å². The zero-order valence-electron chi connectivity index (χ0n) is 10.4. The van der Waals surface area contributed by atoms with E-state index in [1.165, 1.54) is 0 Å². The summed E-state index contributed by atoms with van der Waals surface area (Å²) < 4.78 is 1.56. The number of hydrogen-bond acceptors (Lipinski definition) is 4. The number of nitrogens with zero attached hydrogens (tertiary/aromatic N) is 3. The highest BCUT2D eigenvalue weighted by Crippen LogP contribution is 2.23. The number of carbonyl (C=O) groups is 2. The van der Waals surface area contributed by atoms with Crippen LogP contribution in [-0.4, -0.2) is 46.4 Å². The Morgan fingerprint density at radius 2 is 2.17 bits per heavy atom. The van der Waals surface area contributed by atoms with E-state index in [0.29, 0.717) is 37.6 Å². The van der Waals surface area contributed by atoms with Gasteiger partial charge >= 0.3 is 5.97 Å². The maximum absolute atomic E-state index is 11.3. The van der Waals surface area contributed by atoms with Gasteiger partial charge in [-0.25, -0.2) is 4.79 Å². The zero-order valence-corrected chi connectivity index (χ0v) is 10.4. The van der Waals surface area contributed by atoms with Gasteiger partial charge in [0.1, 0.15) is 11.4 Å². The molecule has 1 aliphatic heterocycles. The van der Waals surface area contributed by atoms with Crippen LogP contribution in [0.3, 0.4) is 0 Å². The minimum atomic E-state index is -0.987. The molecule has 2 heterocycles. The maximum atomic E-state index is 11.3. The molecule has 1 fully saturated rings. The van der Waals surface area contributed by atoms with Gasteiger partial charge in [-0.1, -0.05) is 0 Å². The molecule has 2 N–H and O–H groups in total. The number of aromatic nitrogens is 2. The largest absolute Gasteiger partial charge is 0.477 e. The molecule has 1 saturated heterocycles. The smallest absolute Gasteiger partial charge is 0.341 e. The average Bonchev–Trinajstić information content (AvgIpc) is 2.46. The summed E-state index contributed by atoms with van der Waals surface area (Å²) in [5, 5.41) is 16.2. The number of anilines is 1. The van der Waals surface area contributed by atoms with Crippen molar-refractivity contribution in [3.8, 4) is 0 Å². The van der Waals surface area contributed by atoms with Crippen LogP contribution in [0.25, 0.3) is 0 Å². The fourth-order valence-electron chi connectivity index (χ4n) is 2.24. The molecule has 7 heteroatoms. The Morgan fingerprint density at radius 3 is 2.83 bits per heavy atom. The standard InChI is InChI=1S/C11H16N4O3/c1-7-9(11(17)18)10(14(2)13-7)15-5-3-8(16)12-4-6-15/h3-6H2,1-2H3,(H,12,16)(H,17,18). The van der Waals surface area contributed by atoms with Crippen LogP contribution in [0.4, 0.5) is 5.82 Å². The highest BCUT2D eigenvalue weighted by Gasteiger charge is 2.25. The number of amides is 1. The molecule has 98 valence electrons. The van der Waals surface area contributed by atoms with Crippen molar-refractivity contribution < 1.29 is 14.7 Å². The van der Waals surface area contributed by atoms with Crippen molar-refractivity contribution in [1.29, 1.82) is 0 Å². The fourth-order valence-corrected chi connectivity index (χ4v) is 2.24. The molecule has 0 radical (unpaired) electrons. The summed E-state index contributed by atoms with van der Waals surface area (Å²) in [4.78, 5) is 24.5. The van der Waals surface area contributed by atoms with Crippen LogP contribution in [0.1, 0.15) is 22.5 Å². The molecule has 0 unspecified atom stereocenters. The van der Waals surface area contributed by atoms with E-state index < -0.39 is 5.97 Å². The summed E-state index contributed by atoms with van der Waals surface area (Å²) in [5.74, 6) is -0.427. The number of nitrogens with one attached hydrogen (secondary N) is 1. The van der Waals surface area contributed by atoms with E-state index in [1.54, 1.807) is 18.7 Å². The number of carboxylic acids is 1. The average molecular weight is 252 g/mol. The second-order valence-corrected chi connectivity index (χ2v) is 4.30. The summed E-state index contributed by atoms with van der Waals surface area (Å²) in [6.07, 6.45) is 0.364. The van der Waals surface area contributed by atoms with Gasteiger partial charge in [-0.15, -0.1) is 0 Å². The molecular weight excluding hydrogens is 236 g/mol. The van der Waals surface area contributed by atoms with Crippen molar-refractivity contribution in [2.45, 2.75) is 13.3 Å². The van der Waals surface area contributed by atoms with Gasteiger partial charge in [0.05, 0.1) is 5.69 Å². The molecule has 0 bridgehead atoms. The Balaban J connectivity index is 2.37. The Morgan fingerprint density at radius 1 is 1.44 bits per heavy atom. The lowest BCUT2D eigenvalue weighted by atomic mass is 10.2. The lowest BCUT2D eigenvalue weighted by molar-refractivity contribution is -0.120. The molecule has 1 aromatic heterocycles. The van der Waals surface area contributed by atoms with Crippen molar-refractivity contribution in [1.82, 2.24) is 15.1 Å². The van der Waals surface area contributed by atoms with E-state index in [2.05, 4.69) is 10.4 Å². The summed E-state index contributed by atoms with van der Waals surface area (Å²) in [7, 11) is 1.72. The van der Waals surface area contributed by atoms with Gasteiger partial charge in [0.15, 0.2) is 0 Å². The molecule has 0 aromatic carbocycles. The van der Waals surface area contributed by atoms with Crippen molar-refractivity contribution in [3.05, 3.63) is 11.3 Å². The number of aryl methyl sites for hydroxylation is 2. The van der Waals surface area contributed by atoms with Crippen LogP contribution < -0.4 is 10.2 Å². The third-order valence-corrected chi connectivity index (χ3v) is 3.02. The van der Waals surface area contributed by atoms with Crippen molar-refractivity contribution >= 4 is 17.7 Å². The van der Waals surface area contributed by atoms with Gasteiger partial charge in [0, 0.05) is 33.1 Å². The van der Waals surface area contributed by atoms with Crippen LogP contribution in [0.2, 0.25) is 0 Å². The molecule has 0 spiro atoms. The van der Waals surface area contributed by atoms with Gasteiger partial charge in [0.2, 0.25) is 5.91 Å². The number of carbonyl (C=O) groups excluding carboxylic acids is 1. The van der Waals surface area contributed by atoms with E-state index in [1.807, 2.05) is 4.90 Å². The van der Waals surface area contributed by atoms with E-state index in [4.69, 9.17) is 0 Å². The number of carboxylic acid groups (broad SMARTS) is 1. The summed E-state index contributed by atoms with van der Waals surface area (Å²) >= 11 is 0. The Bertz CT molecular complexity index is 495. The minimum Gasteiger partial charge on any atom is -0.477 e. The monoisotopic (exact) mass is 252 g/mol. The number of rotatable bonds is 2. The molecule has 1 aromatic rings. The maximum Gasteiger partial charge on any atom is 0.341 e. The van der Waals surface area contributed by atoms with Crippen molar-refractivity contribution in [2.75, 3.05) is 24.5 Å². The number of hydrogen-bond donors (Lipinski definition) is 2. The molecule has 0 aliphatic carbocycles. The quantitative estimate of drug-likeness (QED) is 0.758. The van der Waals surface area contributed by atoms with Crippen LogP contribution in [0, 0.1) is 6.92 Å². The lowest BCUT2D eigenvalue weighted by Gasteiger charge is -2.22. The van der Waals surface area contributed by atoms with E-state index in [9.17, 15) is 14.7 Å². The predicted octanol–water partition coefficient (Wildman–Crippen LogP) is -0.247. The third-order valence-electron chi connectivity index (χ3n) is 3.02. The molecule has 0 atom stereocenters. The van der Waals surface area contributed by atoms with Crippen molar-refractivity contribution in [2.24, 2.45) is 7.05 Å². The minimum absolute atomic E-state index is 0.00624. The SMILES string of the molecule is Cc1nn(C)c(N2CCNC(=O)CC2)c1C(=O)O. The van der Waals surface area contributed by atoms with Crippen LogP contribution in [0.15, 0.2) is 0 Å². The van der Waals surface area contributed by atoms with Crippen LogP contribution in [0.5, 0.6) is 0 Å². The number of aromatic carboxylic acids is 1. The van der Waals surface area contributed by atoms with Gasteiger partial charge < -0.3 is 15.3 Å². The summed E-state index contributed by atoms with van der Waals surface area (Å²) in [6, 6.07) is 0. The molecular formula is C11H16N4O3. The van der Waals surface area contributed by atoms with Gasteiger partial charge in [-0.05, 0) is 6.92 Å². The Kier molecular flexibility index (Phi) is 3.22. The Hall–Kier alpha value is -2.05. The lowest BCUT2D eigenvalue weighted by Crippen LogP contribution is -2.31. The summed E-state index contributed by atoms with van der Waals surface area (Å²) in [5.41, 5.74) is 0.704. The normalized spacial score (nSPS) is 16.3. The zero-order chi connectivity index (χ0) is 13.3. The van der Waals surface area contributed by atoms with E-state index in [0.717, 1.165) is 0 Å². The first-order valence-corrected chi connectivity index (χ1v) is 5.79. The fraction of sp³-hybridized carbons (Fsp3) is 0.545.